The van der Waals surface area contributed by atoms with Crippen molar-refractivity contribution in [3.05, 3.63) is 70.9 Å². The normalized spacial score (nSPS) is 10.7. The van der Waals surface area contributed by atoms with E-state index in [0.717, 1.165) is 5.52 Å². The molecular weight excluding hydrogens is 242 g/mol. The first kappa shape index (κ1) is 11.5. The number of nitrogens with zero attached hydrogens (tertiary/aromatic N) is 1. The number of ketones is 1. The van der Waals surface area contributed by atoms with Gasteiger partial charge in [-0.2, -0.15) is 0 Å². The van der Waals surface area contributed by atoms with E-state index >= 15 is 0 Å². The van der Waals surface area contributed by atoms with Crippen LogP contribution in [-0.4, -0.2) is 10.4 Å². The summed E-state index contributed by atoms with van der Waals surface area (Å²) in [4.78, 5) is 23.7. The Labute approximate surface area is 108 Å². The molecule has 0 N–H and O–H groups in total. The molecule has 3 rings (SSSR count). The van der Waals surface area contributed by atoms with Gasteiger partial charge in [-0.15, -0.1) is 0 Å². The first-order valence-electron chi connectivity index (χ1n) is 5.90. The molecule has 4 nitrogen and oxygen atoms in total. The van der Waals surface area contributed by atoms with Crippen molar-refractivity contribution in [1.82, 2.24) is 4.57 Å². The Morgan fingerprint density at radius 3 is 2.74 bits per heavy atom. The summed E-state index contributed by atoms with van der Waals surface area (Å²) in [5.74, 6) is 0.196. The molecule has 0 saturated carbocycles. The molecule has 1 aromatic carbocycles. The fourth-order valence-electron chi connectivity index (χ4n) is 2.07. The van der Waals surface area contributed by atoms with E-state index in [9.17, 15) is 9.59 Å². The van der Waals surface area contributed by atoms with Crippen LogP contribution in [0.25, 0.3) is 10.9 Å². The number of hydrogen-bond donors (Lipinski definition) is 0. The number of para-hydroxylation sites is 1. The predicted molar refractivity (Wildman–Crippen MR) is 71.2 cm³/mol. The lowest BCUT2D eigenvalue weighted by atomic mass is 10.2. The summed E-state index contributed by atoms with van der Waals surface area (Å²) in [6, 6.07) is 12.0. The Morgan fingerprint density at radius 1 is 1.11 bits per heavy atom. The van der Waals surface area contributed by atoms with Crippen LogP contribution in [0.1, 0.15) is 10.6 Å². The number of hydrogen-bond acceptors (Lipinski definition) is 3. The summed E-state index contributed by atoms with van der Waals surface area (Å²) < 4.78 is 6.83. The molecule has 94 valence electrons. The van der Waals surface area contributed by atoms with Gasteiger partial charge in [0.1, 0.15) is 0 Å². The van der Waals surface area contributed by atoms with Crippen LogP contribution in [0.4, 0.5) is 0 Å². The second-order valence-electron chi connectivity index (χ2n) is 4.23. The number of fused-ring (bicyclic) bond motifs is 1. The molecule has 19 heavy (non-hydrogen) atoms. The maximum Gasteiger partial charge on any atom is 0.217 e. The number of furan rings is 1. The average molecular weight is 253 g/mol. The van der Waals surface area contributed by atoms with Crippen LogP contribution in [0.2, 0.25) is 0 Å². The first-order valence-corrected chi connectivity index (χ1v) is 5.90. The minimum Gasteiger partial charge on any atom is -0.461 e. The van der Waals surface area contributed by atoms with E-state index in [4.69, 9.17) is 4.42 Å². The summed E-state index contributed by atoms with van der Waals surface area (Å²) >= 11 is 0. The number of carbonyl (C=O) groups excluding carboxylic acids is 1. The van der Waals surface area contributed by atoms with Gasteiger partial charge in [0.05, 0.1) is 18.3 Å². The summed E-state index contributed by atoms with van der Waals surface area (Å²) in [5.41, 5.74) is 0.701. The third-order valence-corrected chi connectivity index (χ3v) is 2.99. The largest absolute Gasteiger partial charge is 0.461 e. The van der Waals surface area contributed by atoms with Gasteiger partial charge in [-0.25, -0.2) is 0 Å². The second kappa shape index (κ2) is 4.57. The van der Waals surface area contributed by atoms with Gasteiger partial charge < -0.3 is 8.98 Å². The van der Waals surface area contributed by atoms with Gasteiger partial charge in [-0.3, -0.25) is 9.59 Å². The number of rotatable bonds is 3. The fraction of sp³-hybridized carbons (Fsp3) is 0.0667. The van der Waals surface area contributed by atoms with Crippen LogP contribution >= 0.6 is 0 Å². The third kappa shape index (κ3) is 2.08. The van der Waals surface area contributed by atoms with Crippen LogP contribution in [0.3, 0.4) is 0 Å². The van der Waals surface area contributed by atoms with Crippen LogP contribution < -0.4 is 5.43 Å². The molecule has 0 aliphatic rings. The van der Waals surface area contributed by atoms with Gasteiger partial charge in [-0.05, 0) is 24.3 Å². The Kier molecular flexibility index (Phi) is 2.76. The Bertz CT molecular complexity index is 785. The highest BCUT2D eigenvalue weighted by atomic mass is 16.3. The second-order valence-corrected chi connectivity index (χ2v) is 4.23. The lowest BCUT2D eigenvalue weighted by Crippen LogP contribution is -2.13. The van der Waals surface area contributed by atoms with Gasteiger partial charge >= 0.3 is 0 Å². The molecule has 0 radical (unpaired) electrons. The van der Waals surface area contributed by atoms with Gasteiger partial charge in [0, 0.05) is 17.6 Å². The molecule has 0 aliphatic carbocycles. The highest BCUT2D eigenvalue weighted by Gasteiger charge is 2.10. The molecule has 0 bridgehead atoms. The molecule has 0 saturated heterocycles. The predicted octanol–water partition coefficient (Wildman–Crippen LogP) is 2.48. The monoisotopic (exact) mass is 253 g/mol. The van der Waals surface area contributed by atoms with Gasteiger partial charge in [-0.1, -0.05) is 12.1 Å². The molecular formula is C15H11NO3. The van der Waals surface area contributed by atoms with Crippen LogP contribution in [0.5, 0.6) is 0 Å². The molecule has 2 heterocycles. The standard InChI is InChI=1S/C15H11NO3/c17-13-7-8-16(12-5-2-1-4-11(12)13)10-14(18)15-6-3-9-19-15/h1-9H,10H2. The van der Waals surface area contributed by atoms with E-state index < -0.39 is 0 Å². The van der Waals surface area contributed by atoms with E-state index in [1.807, 2.05) is 18.2 Å². The van der Waals surface area contributed by atoms with Crippen molar-refractivity contribution < 1.29 is 9.21 Å². The number of Topliss-reactive ketones (excluding diaryl/α,β-unsaturated/α-hetero) is 1. The first-order chi connectivity index (χ1) is 9.25. The molecule has 0 amide bonds. The number of aromatic nitrogens is 1. The van der Waals surface area contributed by atoms with E-state index in [2.05, 4.69) is 0 Å². The van der Waals surface area contributed by atoms with Gasteiger partial charge in [0.25, 0.3) is 0 Å². The van der Waals surface area contributed by atoms with E-state index in [1.54, 1.807) is 29.0 Å². The maximum absolute atomic E-state index is 12.0. The van der Waals surface area contributed by atoms with E-state index in [-0.39, 0.29) is 17.8 Å². The number of pyridine rings is 1. The van der Waals surface area contributed by atoms with Crippen LogP contribution in [-0.2, 0) is 6.54 Å². The van der Waals surface area contributed by atoms with Crippen LogP contribution in [0.15, 0.2) is 64.1 Å². The van der Waals surface area contributed by atoms with Crippen molar-refractivity contribution in [3.63, 3.8) is 0 Å². The minimum atomic E-state index is -0.126. The Balaban J connectivity index is 2.05. The van der Waals surface area contributed by atoms with Crippen molar-refractivity contribution in [2.45, 2.75) is 6.54 Å². The summed E-state index contributed by atoms with van der Waals surface area (Å²) in [6.07, 6.45) is 3.10. The lowest BCUT2D eigenvalue weighted by Gasteiger charge is -2.08. The summed E-state index contributed by atoms with van der Waals surface area (Å²) in [7, 11) is 0. The van der Waals surface area contributed by atoms with Crippen molar-refractivity contribution in [1.29, 1.82) is 0 Å². The molecule has 3 aromatic rings. The smallest absolute Gasteiger partial charge is 0.217 e. The van der Waals surface area contributed by atoms with Crippen molar-refractivity contribution >= 4 is 16.7 Å². The van der Waals surface area contributed by atoms with E-state index in [0.29, 0.717) is 11.1 Å². The summed E-state index contributed by atoms with van der Waals surface area (Å²) in [6.45, 7) is 0.147. The number of benzene rings is 1. The van der Waals surface area contributed by atoms with Crippen molar-refractivity contribution in [2.75, 3.05) is 0 Å². The molecule has 0 unspecified atom stereocenters. The van der Waals surface area contributed by atoms with Gasteiger partial charge in [0.2, 0.25) is 5.78 Å². The quantitative estimate of drug-likeness (QED) is 0.674. The molecule has 0 atom stereocenters. The van der Waals surface area contributed by atoms with E-state index in [1.165, 1.54) is 12.3 Å². The SMILES string of the molecule is O=C(Cn1ccc(=O)c2ccccc21)c1ccco1. The van der Waals surface area contributed by atoms with Crippen molar-refractivity contribution in [3.8, 4) is 0 Å². The molecule has 4 heteroatoms. The average Bonchev–Trinajstić information content (AvgIpc) is 2.96. The fourth-order valence-corrected chi connectivity index (χ4v) is 2.07. The summed E-state index contributed by atoms with van der Waals surface area (Å²) in [5, 5.41) is 0.609. The topological polar surface area (TPSA) is 52.2 Å². The number of carbonyl (C=O) groups is 1. The third-order valence-electron chi connectivity index (χ3n) is 2.99. The maximum atomic E-state index is 12.0. The molecule has 0 fully saturated rings. The van der Waals surface area contributed by atoms with Crippen molar-refractivity contribution in [2.24, 2.45) is 0 Å². The lowest BCUT2D eigenvalue weighted by molar-refractivity contribution is 0.0946. The minimum absolute atomic E-state index is 0.0442. The Morgan fingerprint density at radius 2 is 1.95 bits per heavy atom. The van der Waals surface area contributed by atoms with Gasteiger partial charge in [0.15, 0.2) is 11.2 Å². The zero-order valence-electron chi connectivity index (χ0n) is 10.1. The molecule has 2 aromatic heterocycles. The molecule has 0 spiro atoms. The Hall–Kier alpha value is -2.62. The highest BCUT2D eigenvalue weighted by Crippen LogP contribution is 2.11. The zero-order valence-corrected chi connectivity index (χ0v) is 10.1. The molecule has 0 aliphatic heterocycles. The highest BCUT2D eigenvalue weighted by molar-refractivity contribution is 5.94. The zero-order chi connectivity index (χ0) is 13.2. The van der Waals surface area contributed by atoms with Crippen LogP contribution in [0, 0.1) is 0 Å².